The van der Waals surface area contributed by atoms with Crippen molar-refractivity contribution in [1.29, 1.82) is 0 Å². The van der Waals surface area contributed by atoms with E-state index in [-0.39, 0.29) is 0 Å². The fraction of sp³-hybridized carbons (Fsp3) is 0.0200. The van der Waals surface area contributed by atoms with Crippen LogP contribution in [0.1, 0.15) is 22.3 Å². The van der Waals surface area contributed by atoms with E-state index in [0.29, 0.717) is 5.82 Å². The lowest BCUT2D eigenvalue weighted by Gasteiger charge is -2.39. The lowest BCUT2D eigenvalue weighted by Crippen LogP contribution is -2.32. The summed E-state index contributed by atoms with van der Waals surface area (Å²) in [7, 11) is 0. The van der Waals surface area contributed by atoms with Crippen LogP contribution in [0.15, 0.2) is 198 Å². The summed E-state index contributed by atoms with van der Waals surface area (Å²) in [5, 5.41) is 1.15. The summed E-state index contributed by atoms with van der Waals surface area (Å²) in [5.74, 6) is 0.708. The molecule has 0 radical (unpaired) electrons. The molecule has 11 rings (SSSR count). The number of rotatable bonds is 4. The van der Waals surface area contributed by atoms with Crippen LogP contribution in [0.25, 0.3) is 67.1 Å². The second-order valence-corrected chi connectivity index (χ2v) is 15.0. The Bertz CT molecular complexity index is 2810. The fourth-order valence-electron chi connectivity index (χ4n) is 8.65. The predicted molar refractivity (Wildman–Crippen MR) is 221 cm³/mol. The van der Waals surface area contributed by atoms with Crippen LogP contribution < -0.4 is 0 Å². The van der Waals surface area contributed by atoms with Gasteiger partial charge < -0.3 is 0 Å². The minimum absolute atomic E-state index is 0.558. The molecule has 4 heteroatoms. The van der Waals surface area contributed by atoms with Crippen molar-refractivity contribution in [3.8, 4) is 56.2 Å². The van der Waals surface area contributed by atoms with Gasteiger partial charge in [-0.2, -0.15) is 0 Å². The summed E-state index contributed by atoms with van der Waals surface area (Å²) in [6, 6.07) is 65.4. The summed E-state index contributed by atoms with van der Waals surface area (Å²) in [5.41, 5.74) is 15.3. The topological polar surface area (TPSA) is 38.7 Å². The number of benzene rings is 7. The number of hydrogen-bond acceptors (Lipinski definition) is 4. The molecule has 1 aliphatic carbocycles. The van der Waals surface area contributed by atoms with Crippen molar-refractivity contribution in [1.82, 2.24) is 15.0 Å². The highest BCUT2D eigenvalue weighted by molar-refractivity contribution is 7.99. The second kappa shape index (κ2) is 12.2. The van der Waals surface area contributed by atoms with Gasteiger partial charge in [-0.1, -0.05) is 151 Å². The van der Waals surface area contributed by atoms with Gasteiger partial charge in [0.2, 0.25) is 0 Å². The Morgan fingerprint density at radius 2 is 0.963 bits per heavy atom. The Morgan fingerprint density at radius 3 is 1.61 bits per heavy atom. The first kappa shape index (κ1) is 31.0. The summed E-state index contributed by atoms with van der Waals surface area (Å²) >= 11 is 1.86. The minimum Gasteiger partial charge on any atom is -0.256 e. The molecule has 0 N–H and O–H groups in total. The van der Waals surface area contributed by atoms with Gasteiger partial charge in [-0.25, -0.2) is 9.97 Å². The minimum atomic E-state index is -0.558. The largest absolute Gasteiger partial charge is 0.256 e. The molecule has 0 fully saturated rings. The van der Waals surface area contributed by atoms with Gasteiger partial charge in [0, 0.05) is 38.1 Å². The normalized spacial score (nSPS) is 13.3. The Balaban J connectivity index is 1.19. The first-order chi connectivity index (χ1) is 26.8. The van der Waals surface area contributed by atoms with Crippen LogP contribution in [0.5, 0.6) is 0 Å². The van der Waals surface area contributed by atoms with Crippen molar-refractivity contribution >= 4 is 22.7 Å². The zero-order chi connectivity index (χ0) is 35.6. The van der Waals surface area contributed by atoms with E-state index in [1.807, 2.05) is 36.2 Å². The van der Waals surface area contributed by atoms with Crippen LogP contribution >= 0.6 is 11.8 Å². The fourth-order valence-corrected chi connectivity index (χ4v) is 9.84. The van der Waals surface area contributed by atoms with Crippen molar-refractivity contribution in [3.05, 3.63) is 210 Å². The molecule has 0 amide bonds. The summed E-state index contributed by atoms with van der Waals surface area (Å²) in [6.45, 7) is 0. The molecule has 9 aromatic rings. The van der Waals surface area contributed by atoms with E-state index in [2.05, 4.69) is 169 Å². The van der Waals surface area contributed by atoms with E-state index in [1.165, 1.54) is 54.3 Å². The van der Waals surface area contributed by atoms with Gasteiger partial charge in [-0.05, 0) is 87.0 Å². The third-order valence-electron chi connectivity index (χ3n) is 11.0. The monoisotopic (exact) mass is 705 g/mol. The lowest BCUT2D eigenvalue weighted by atomic mass is 9.67. The van der Waals surface area contributed by atoms with E-state index in [9.17, 15) is 0 Å². The van der Waals surface area contributed by atoms with E-state index < -0.39 is 5.41 Å². The molecule has 2 aliphatic rings. The summed E-state index contributed by atoms with van der Waals surface area (Å²) in [4.78, 5) is 17.7. The molecule has 0 bridgehead atoms. The average molecular weight is 706 g/mol. The van der Waals surface area contributed by atoms with Gasteiger partial charge in [0.15, 0.2) is 5.82 Å². The molecular weight excluding hydrogens is 675 g/mol. The van der Waals surface area contributed by atoms with Crippen molar-refractivity contribution in [2.24, 2.45) is 0 Å². The number of hydrogen-bond donors (Lipinski definition) is 0. The van der Waals surface area contributed by atoms with Crippen LogP contribution in [0.2, 0.25) is 0 Å². The summed E-state index contributed by atoms with van der Waals surface area (Å²) in [6.07, 6.45) is 1.87. The maximum atomic E-state index is 5.26. The van der Waals surface area contributed by atoms with Crippen LogP contribution in [0.3, 0.4) is 0 Å². The third kappa shape index (κ3) is 4.67. The van der Waals surface area contributed by atoms with Crippen molar-refractivity contribution in [3.63, 3.8) is 0 Å². The van der Waals surface area contributed by atoms with Crippen molar-refractivity contribution in [2.75, 3.05) is 0 Å². The van der Waals surface area contributed by atoms with Crippen LogP contribution in [-0.4, -0.2) is 15.0 Å². The molecule has 0 atom stereocenters. The Kier molecular flexibility index (Phi) is 7.01. The Morgan fingerprint density at radius 1 is 0.389 bits per heavy atom. The smallest absolute Gasteiger partial charge is 0.160 e. The van der Waals surface area contributed by atoms with Gasteiger partial charge >= 0.3 is 0 Å². The molecular formula is C50H31N3S. The average Bonchev–Trinajstić information content (AvgIpc) is 3.53. The van der Waals surface area contributed by atoms with E-state index >= 15 is 0 Å². The highest BCUT2D eigenvalue weighted by Gasteiger charge is 2.50. The third-order valence-corrected chi connectivity index (χ3v) is 12.2. The molecule has 1 aliphatic heterocycles. The first-order valence-electron chi connectivity index (χ1n) is 18.3. The molecule has 54 heavy (non-hydrogen) atoms. The van der Waals surface area contributed by atoms with Crippen LogP contribution in [0.4, 0.5) is 0 Å². The van der Waals surface area contributed by atoms with Gasteiger partial charge in [0.1, 0.15) is 0 Å². The number of pyridine rings is 1. The Hall–Kier alpha value is -6.62. The van der Waals surface area contributed by atoms with Crippen LogP contribution in [0, 0.1) is 0 Å². The highest BCUT2D eigenvalue weighted by atomic mass is 32.2. The van der Waals surface area contributed by atoms with E-state index in [1.54, 1.807) is 0 Å². The molecule has 1 spiro atoms. The summed E-state index contributed by atoms with van der Waals surface area (Å²) < 4.78 is 0. The van der Waals surface area contributed by atoms with E-state index in [4.69, 9.17) is 9.97 Å². The molecule has 3 nitrogen and oxygen atoms in total. The number of nitrogens with zero attached hydrogens (tertiary/aromatic N) is 3. The quantitative estimate of drug-likeness (QED) is 0.183. The van der Waals surface area contributed by atoms with Crippen molar-refractivity contribution < 1.29 is 0 Å². The highest BCUT2D eigenvalue weighted by Crippen LogP contribution is 2.63. The molecule has 252 valence electrons. The molecule has 0 unspecified atom stereocenters. The van der Waals surface area contributed by atoms with Gasteiger partial charge in [-0.15, -0.1) is 0 Å². The number of fused-ring (bicyclic) bond motifs is 10. The maximum absolute atomic E-state index is 5.26. The van der Waals surface area contributed by atoms with Gasteiger partial charge in [0.05, 0.1) is 22.3 Å². The van der Waals surface area contributed by atoms with Crippen molar-refractivity contribution in [2.45, 2.75) is 15.2 Å². The molecule has 0 saturated carbocycles. The van der Waals surface area contributed by atoms with Gasteiger partial charge in [-0.3, -0.25) is 4.98 Å². The lowest BCUT2D eigenvalue weighted by molar-refractivity contribution is 0.723. The zero-order valence-corrected chi connectivity index (χ0v) is 30.0. The Labute approximate surface area is 318 Å². The zero-order valence-electron chi connectivity index (χ0n) is 29.1. The molecule has 3 heterocycles. The first-order valence-corrected chi connectivity index (χ1v) is 19.1. The molecule has 0 saturated heterocycles. The molecule has 7 aromatic carbocycles. The SMILES string of the molecule is c1ccc(-c2cc(-c3ccccc3)nc(-c3ccc4c(c3)C3(c5ccccc5Sc5ccccc53)c3cc(-c5cccc6ncccc56)ccc3-4)n2)cc1. The number of aromatic nitrogens is 3. The maximum Gasteiger partial charge on any atom is 0.160 e. The predicted octanol–water partition coefficient (Wildman–Crippen LogP) is 12.5. The van der Waals surface area contributed by atoms with Crippen LogP contribution in [-0.2, 0) is 5.41 Å². The van der Waals surface area contributed by atoms with E-state index in [0.717, 1.165) is 39.0 Å². The molecule has 2 aromatic heterocycles. The van der Waals surface area contributed by atoms with Gasteiger partial charge in [0.25, 0.3) is 0 Å². The second-order valence-electron chi connectivity index (χ2n) is 13.9. The standard InChI is InChI=1S/C50H31N3S/c1-3-13-32(14-4-1)45-31-46(33-15-5-2-6-16-33)53-49(52-45)35-25-27-38-37-26-24-34(36-17-11-21-44-39(36)18-12-28-51-44)29-42(37)50(43(38)30-35)40-19-7-9-22-47(40)54-48-23-10-8-20-41(48)50/h1-31H.